The van der Waals surface area contributed by atoms with Crippen LogP contribution in [-0.4, -0.2) is 27.7 Å². The van der Waals surface area contributed by atoms with Crippen molar-refractivity contribution in [2.24, 2.45) is 0 Å². The summed E-state index contributed by atoms with van der Waals surface area (Å²) in [6.07, 6.45) is 2.11. The fourth-order valence-electron chi connectivity index (χ4n) is 2.86. The first-order valence-corrected chi connectivity index (χ1v) is 9.04. The summed E-state index contributed by atoms with van der Waals surface area (Å²) in [5.41, 5.74) is 1.82. The average Bonchev–Trinajstić information content (AvgIpc) is 3.15. The second-order valence-electron chi connectivity index (χ2n) is 5.92. The van der Waals surface area contributed by atoms with Gasteiger partial charge in [-0.25, -0.2) is 0 Å². The Morgan fingerprint density at radius 3 is 2.74 bits per heavy atom. The third-order valence-corrected chi connectivity index (χ3v) is 4.66. The SMILES string of the molecule is CNC(=O)[C@H](Cc1cccc(Br)c1)n1ccc(-c2ccccc2[N+](=O)[O-])n1. The molecule has 0 aliphatic carbocycles. The van der Waals surface area contributed by atoms with Crippen LogP contribution in [0.5, 0.6) is 0 Å². The number of amides is 1. The van der Waals surface area contributed by atoms with Gasteiger partial charge in [0.15, 0.2) is 0 Å². The molecule has 0 aliphatic rings. The number of para-hydroxylation sites is 1. The number of nitrogens with zero attached hydrogens (tertiary/aromatic N) is 3. The van der Waals surface area contributed by atoms with Gasteiger partial charge in [-0.2, -0.15) is 5.10 Å². The highest BCUT2D eigenvalue weighted by molar-refractivity contribution is 9.10. The molecule has 2 aromatic carbocycles. The van der Waals surface area contributed by atoms with Gasteiger partial charge in [0.2, 0.25) is 5.91 Å². The maximum absolute atomic E-state index is 12.4. The Hall–Kier alpha value is -3.00. The molecular formula is C19H17BrN4O3. The fraction of sp³-hybridized carbons (Fsp3) is 0.158. The van der Waals surface area contributed by atoms with Crippen molar-refractivity contribution in [3.8, 4) is 11.3 Å². The topological polar surface area (TPSA) is 90.1 Å². The smallest absolute Gasteiger partial charge is 0.278 e. The number of carbonyl (C=O) groups excluding carboxylic acids is 1. The zero-order chi connectivity index (χ0) is 19.4. The van der Waals surface area contributed by atoms with E-state index in [4.69, 9.17) is 0 Å². The normalized spacial score (nSPS) is 11.8. The van der Waals surface area contributed by atoms with Crippen molar-refractivity contribution in [3.63, 3.8) is 0 Å². The zero-order valence-corrected chi connectivity index (χ0v) is 16.1. The van der Waals surface area contributed by atoms with Crippen LogP contribution in [0.2, 0.25) is 0 Å². The maximum atomic E-state index is 12.4. The highest BCUT2D eigenvalue weighted by Crippen LogP contribution is 2.29. The number of halogens is 1. The molecule has 7 nitrogen and oxygen atoms in total. The predicted molar refractivity (Wildman–Crippen MR) is 105 cm³/mol. The second-order valence-corrected chi connectivity index (χ2v) is 6.84. The molecule has 0 saturated carbocycles. The summed E-state index contributed by atoms with van der Waals surface area (Å²) in [5, 5.41) is 18.4. The van der Waals surface area contributed by atoms with Crippen molar-refractivity contribution >= 4 is 27.5 Å². The number of hydrogen-bond acceptors (Lipinski definition) is 4. The lowest BCUT2D eigenvalue weighted by atomic mass is 10.1. The molecule has 8 heteroatoms. The monoisotopic (exact) mass is 428 g/mol. The first-order valence-electron chi connectivity index (χ1n) is 8.24. The molecule has 1 amide bonds. The van der Waals surface area contributed by atoms with E-state index in [1.807, 2.05) is 24.3 Å². The van der Waals surface area contributed by atoms with Crippen molar-refractivity contribution in [2.75, 3.05) is 7.05 Å². The Labute approximate surface area is 164 Å². The van der Waals surface area contributed by atoms with E-state index in [1.54, 1.807) is 42.2 Å². The number of nitrogens with one attached hydrogen (secondary N) is 1. The molecule has 0 bridgehead atoms. The first-order chi connectivity index (χ1) is 13.0. The van der Waals surface area contributed by atoms with Crippen LogP contribution in [0.15, 0.2) is 65.3 Å². The number of hydrogen-bond donors (Lipinski definition) is 1. The van der Waals surface area contributed by atoms with E-state index >= 15 is 0 Å². The Morgan fingerprint density at radius 1 is 1.26 bits per heavy atom. The number of likely N-dealkylation sites (N-methyl/N-ethyl adjacent to an activating group) is 1. The Bertz CT molecular complexity index is 986. The summed E-state index contributed by atoms with van der Waals surface area (Å²) in [4.78, 5) is 23.3. The van der Waals surface area contributed by atoms with Gasteiger partial charge >= 0.3 is 0 Å². The maximum Gasteiger partial charge on any atom is 0.278 e. The summed E-state index contributed by atoms with van der Waals surface area (Å²) in [5.74, 6) is -0.188. The molecule has 138 valence electrons. The van der Waals surface area contributed by atoms with Crippen LogP contribution in [0.4, 0.5) is 5.69 Å². The number of nitro groups is 1. The van der Waals surface area contributed by atoms with E-state index in [2.05, 4.69) is 26.3 Å². The number of nitro benzene ring substituents is 1. The highest BCUT2D eigenvalue weighted by Gasteiger charge is 2.23. The van der Waals surface area contributed by atoms with Crippen LogP contribution in [0.3, 0.4) is 0 Å². The second kappa shape index (κ2) is 8.13. The molecule has 27 heavy (non-hydrogen) atoms. The van der Waals surface area contributed by atoms with E-state index < -0.39 is 11.0 Å². The van der Waals surface area contributed by atoms with Crippen molar-refractivity contribution in [1.82, 2.24) is 15.1 Å². The van der Waals surface area contributed by atoms with Crippen molar-refractivity contribution < 1.29 is 9.72 Å². The lowest BCUT2D eigenvalue weighted by Gasteiger charge is -2.16. The van der Waals surface area contributed by atoms with Gasteiger partial charge in [0.1, 0.15) is 6.04 Å². The summed E-state index contributed by atoms with van der Waals surface area (Å²) in [7, 11) is 1.57. The molecule has 0 unspecified atom stereocenters. The molecule has 0 radical (unpaired) electrons. The molecule has 1 N–H and O–H groups in total. The van der Waals surface area contributed by atoms with Crippen LogP contribution in [0.25, 0.3) is 11.3 Å². The van der Waals surface area contributed by atoms with Gasteiger partial charge < -0.3 is 5.32 Å². The largest absolute Gasteiger partial charge is 0.357 e. The molecule has 1 aromatic heterocycles. The van der Waals surface area contributed by atoms with Gasteiger partial charge in [0, 0.05) is 30.2 Å². The number of carbonyl (C=O) groups is 1. The minimum atomic E-state index is -0.569. The predicted octanol–water partition coefficient (Wildman–Crippen LogP) is 3.75. The van der Waals surface area contributed by atoms with E-state index in [-0.39, 0.29) is 11.6 Å². The lowest BCUT2D eigenvalue weighted by Crippen LogP contribution is -2.31. The number of aromatic nitrogens is 2. The van der Waals surface area contributed by atoms with E-state index in [0.29, 0.717) is 17.7 Å². The third kappa shape index (κ3) is 4.22. The summed E-state index contributed by atoms with van der Waals surface area (Å²) < 4.78 is 2.47. The number of rotatable bonds is 6. The lowest BCUT2D eigenvalue weighted by molar-refractivity contribution is -0.384. The van der Waals surface area contributed by atoms with Crippen LogP contribution in [0, 0.1) is 10.1 Å². The minimum absolute atomic E-state index is 0.0220. The van der Waals surface area contributed by atoms with Gasteiger partial charge in [-0.05, 0) is 29.8 Å². The van der Waals surface area contributed by atoms with Crippen LogP contribution in [0.1, 0.15) is 11.6 Å². The van der Waals surface area contributed by atoms with Crippen molar-refractivity contribution in [3.05, 3.63) is 80.9 Å². The highest BCUT2D eigenvalue weighted by atomic mass is 79.9. The van der Waals surface area contributed by atoms with Crippen molar-refractivity contribution in [2.45, 2.75) is 12.5 Å². The molecule has 1 atom stereocenters. The molecule has 0 spiro atoms. The van der Waals surface area contributed by atoms with Gasteiger partial charge in [0.25, 0.3) is 5.69 Å². The van der Waals surface area contributed by atoms with E-state index in [0.717, 1.165) is 10.0 Å². The minimum Gasteiger partial charge on any atom is -0.357 e. The fourth-order valence-corrected chi connectivity index (χ4v) is 3.31. The van der Waals surface area contributed by atoms with Crippen LogP contribution < -0.4 is 5.32 Å². The quantitative estimate of drug-likeness (QED) is 0.478. The van der Waals surface area contributed by atoms with Crippen LogP contribution in [-0.2, 0) is 11.2 Å². The summed E-state index contributed by atoms with van der Waals surface area (Å²) in [6.45, 7) is 0. The first kappa shape index (κ1) is 18.8. The Morgan fingerprint density at radius 2 is 2.04 bits per heavy atom. The van der Waals surface area contributed by atoms with Crippen molar-refractivity contribution in [1.29, 1.82) is 0 Å². The third-order valence-electron chi connectivity index (χ3n) is 4.17. The molecule has 0 fully saturated rings. The molecule has 3 aromatic rings. The average molecular weight is 429 g/mol. The standard InChI is InChI=1S/C19H17BrN4O3/c1-21-19(25)18(12-13-5-4-6-14(20)11-13)23-10-9-16(22-23)15-7-2-3-8-17(15)24(26)27/h2-11,18H,12H2,1H3,(H,21,25)/t18-/m0/s1. The Balaban J connectivity index is 1.96. The van der Waals surface area contributed by atoms with Crippen LogP contribution >= 0.6 is 15.9 Å². The summed E-state index contributed by atoms with van der Waals surface area (Å²) >= 11 is 3.43. The number of benzene rings is 2. The molecule has 1 heterocycles. The van der Waals surface area contributed by atoms with E-state index in [9.17, 15) is 14.9 Å². The Kier molecular flexibility index (Phi) is 5.66. The molecule has 3 rings (SSSR count). The van der Waals surface area contributed by atoms with Gasteiger partial charge in [0.05, 0.1) is 16.2 Å². The zero-order valence-electron chi connectivity index (χ0n) is 14.5. The van der Waals surface area contributed by atoms with Gasteiger partial charge in [-0.1, -0.05) is 40.2 Å². The molecule has 0 saturated heterocycles. The summed E-state index contributed by atoms with van der Waals surface area (Å²) in [6, 6.07) is 15.2. The molecule has 0 aliphatic heterocycles. The molecular weight excluding hydrogens is 412 g/mol. The van der Waals surface area contributed by atoms with Gasteiger partial charge in [-0.3, -0.25) is 19.6 Å². The van der Waals surface area contributed by atoms with E-state index in [1.165, 1.54) is 6.07 Å². The van der Waals surface area contributed by atoms with Gasteiger partial charge in [-0.15, -0.1) is 0 Å².